The molecule has 0 bridgehead atoms. The summed E-state index contributed by atoms with van der Waals surface area (Å²) in [5, 5.41) is 4.23. The Hall–Kier alpha value is -1.75. The Morgan fingerprint density at radius 1 is 1.33 bits per heavy atom. The van der Waals surface area contributed by atoms with E-state index in [0.29, 0.717) is 17.2 Å². The number of aryl methyl sites for hydroxylation is 2. The van der Waals surface area contributed by atoms with Crippen molar-refractivity contribution >= 4 is 17.5 Å². The van der Waals surface area contributed by atoms with Gasteiger partial charge in [-0.2, -0.15) is 5.10 Å². The molecule has 1 aromatic heterocycles. The first-order chi connectivity index (χ1) is 10.2. The van der Waals surface area contributed by atoms with E-state index in [1.165, 1.54) is 17.3 Å². The monoisotopic (exact) mass is 304 g/mol. The van der Waals surface area contributed by atoms with Gasteiger partial charge in [0.15, 0.2) is 11.5 Å². The molecule has 1 aromatic carbocycles. The average molecular weight is 304 g/mol. The van der Waals surface area contributed by atoms with E-state index in [4.69, 9.17) is 4.74 Å². The maximum absolute atomic E-state index is 12.5. The SMILES string of the molecule is CCCn1ncc(OC)c1C(=O)CSc1ccc(C)cc1. The molecule has 0 aliphatic heterocycles. The zero-order valence-corrected chi connectivity index (χ0v) is 13.4. The van der Waals surface area contributed by atoms with Gasteiger partial charge in [-0.15, -0.1) is 11.8 Å². The summed E-state index contributed by atoms with van der Waals surface area (Å²) in [6.45, 7) is 4.83. The highest BCUT2D eigenvalue weighted by molar-refractivity contribution is 8.00. The second-order valence-electron chi connectivity index (χ2n) is 4.81. The van der Waals surface area contributed by atoms with Gasteiger partial charge in [-0.3, -0.25) is 9.48 Å². The first kappa shape index (κ1) is 15.6. The summed E-state index contributed by atoms with van der Waals surface area (Å²) in [7, 11) is 1.57. The number of methoxy groups -OCH3 is 1. The molecule has 2 aromatic rings. The average Bonchev–Trinajstić information content (AvgIpc) is 2.90. The molecule has 0 spiro atoms. The molecule has 0 fully saturated rings. The Morgan fingerprint density at radius 3 is 2.67 bits per heavy atom. The van der Waals surface area contributed by atoms with E-state index in [0.717, 1.165) is 17.9 Å². The molecule has 0 saturated heterocycles. The number of Topliss-reactive ketones (excluding diaryl/α,β-unsaturated/α-hetero) is 1. The van der Waals surface area contributed by atoms with E-state index >= 15 is 0 Å². The third-order valence-corrected chi connectivity index (χ3v) is 4.13. The fourth-order valence-electron chi connectivity index (χ4n) is 2.03. The first-order valence-electron chi connectivity index (χ1n) is 6.98. The first-order valence-corrected chi connectivity index (χ1v) is 7.96. The van der Waals surface area contributed by atoms with Gasteiger partial charge in [-0.1, -0.05) is 24.6 Å². The Bertz CT molecular complexity index is 605. The molecule has 0 aliphatic rings. The lowest BCUT2D eigenvalue weighted by molar-refractivity contribution is 0.100. The number of carbonyl (C=O) groups excluding carboxylic acids is 1. The number of benzene rings is 1. The van der Waals surface area contributed by atoms with Gasteiger partial charge < -0.3 is 4.74 Å². The molecule has 0 N–H and O–H groups in total. The summed E-state index contributed by atoms with van der Waals surface area (Å²) in [6, 6.07) is 8.17. The minimum absolute atomic E-state index is 0.0448. The molecule has 0 atom stereocenters. The zero-order valence-electron chi connectivity index (χ0n) is 12.6. The van der Waals surface area contributed by atoms with E-state index in [-0.39, 0.29) is 5.78 Å². The number of rotatable bonds is 7. The van der Waals surface area contributed by atoms with Crippen LogP contribution >= 0.6 is 11.8 Å². The van der Waals surface area contributed by atoms with Crippen LogP contribution in [-0.2, 0) is 6.54 Å². The zero-order chi connectivity index (χ0) is 15.2. The van der Waals surface area contributed by atoms with Gasteiger partial charge in [0.05, 0.1) is 19.1 Å². The van der Waals surface area contributed by atoms with Gasteiger partial charge in [0.2, 0.25) is 0 Å². The van der Waals surface area contributed by atoms with Crippen LogP contribution in [0.5, 0.6) is 5.75 Å². The molecule has 1 heterocycles. The fourth-order valence-corrected chi connectivity index (χ4v) is 2.80. The quantitative estimate of drug-likeness (QED) is 0.579. The van der Waals surface area contributed by atoms with Crippen molar-refractivity contribution in [3.63, 3.8) is 0 Å². The molecule has 0 aliphatic carbocycles. The maximum Gasteiger partial charge on any atom is 0.194 e. The summed E-state index contributed by atoms with van der Waals surface area (Å²) in [5.41, 5.74) is 1.78. The number of hydrogen-bond acceptors (Lipinski definition) is 4. The number of thioether (sulfide) groups is 1. The van der Waals surface area contributed by atoms with Crippen LogP contribution in [0.1, 0.15) is 29.4 Å². The predicted octanol–water partition coefficient (Wildman–Crippen LogP) is 3.59. The van der Waals surface area contributed by atoms with Crippen molar-refractivity contribution in [3.05, 3.63) is 41.7 Å². The molecule has 5 heteroatoms. The van der Waals surface area contributed by atoms with Crippen molar-refractivity contribution in [1.82, 2.24) is 9.78 Å². The third kappa shape index (κ3) is 3.88. The van der Waals surface area contributed by atoms with E-state index < -0.39 is 0 Å². The molecule has 2 rings (SSSR count). The number of carbonyl (C=O) groups is 1. The van der Waals surface area contributed by atoms with Gasteiger partial charge >= 0.3 is 0 Å². The van der Waals surface area contributed by atoms with E-state index in [1.807, 2.05) is 19.1 Å². The maximum atomic E-state index is 12.5. The summed E-state index contributed by atoms with van der Waals surface area (Å²) in [5.74, 6) is 0.982. The standard InChI is InChI=1S/C16H20N2O2S/c1-4-9-18-16(15(20-3)10-17-18)14(19)11-21-13-7-5-12(2)6-8-13/h5-8,10H,4,9,11H2,1-3H3. The Morgan fingerprint density at radius 2 is 2.05 bits per heavy atom. The second kappa shape index (κ2) is 7.31. The van der Waals surface area contributed by atoms with Crippen LogP contribution in [0, 0.1) is 6.92 Å². The molecule has 0 saturated carbocycles. The van der Waals surface area contributed by atoms with Gasteiger partial charge in [0.1, 0.15) is 5.69 Å². The molecule has 21 heavy (non-hydrogen) atoms. The van der Waals surface area contributed by atoms with Crippen molar-refractivity contribution in [3.8, 4) is 5.75 Å². The van der Waals surface area contributed by atoms with Crippen molar-refractivity contribution in [2.75, 3.05) is 12.9 Å². The topological polar surface area (TPSA) is 44.1 Å². The van der Waals surface area contributed by atoms with Gasteiger partial charge in [-0.25, -0.2) is 0 Å². The highest BCUT2D eigenvalue weighted by Gasteiger charge is 2.19. The lowest BCUT2D eigenvalue weighted by atomic mass is 10.2. The number of ketones is 1. The lowest BCUT2D eigenvalue weighted by Gasteiger charge is -2.07. The number of aromatic nitrogens is 2. The van der Waals surface area contributed by atoms with Crippen LogP contribution in [0.2, 0.25) is 0 Å². The summed E-state index contributed by atoms with van der Waals surface area (Å²) in [4.78, 5) is 13.6. The Balaban J connectivity index is 2.09. The highest BCUT2D eigenvalue weighted by Crippen LogP contribution is 2.23. The Labute approximate surface area is 129 Å². The lowest BCUT2D eigenvalue weighted by Crippen LogP contribution is -2.13. The minimum Gasteiger partial charge on any atom is -0.493 e. The molecule has 0 radical (unpaired) electrons. The molecular weight excluding hydrogens is 284 g/mol. The summed E-state index contributed by atoms with van der Waals surface area (Å²) < 4.78 is 6.98. The van der Waals surface area contributed by atoms with Crippen LogP contribution < -0.4 is 4.74 Å². The number of hydrogen-bond donors (Lipinski definition) is 0. The van der Waals surface area contributed by atoms with E-state index in [9.17, 15) is 4.79 Å². The highest BCUT2D eigenvalue weighted by atomic mass is 32.2. The van der Waals surface area contributed by atoms with Gasteiger partial charge in [-0.05, 0) is 25.5 Å². The van der Waals surface area contributed by atoms with Gasteiger partial charge in [0, 0.05) is 11.4 Å². The fraction of sp³-hybridized carbons (Fsp3) is 0.375. The second-order valence-corrected chi connectivity index (χ2v) is 5.86. The van der Waals surface area contributed by atoms with E-state index in [1.54, 1.807) is 18.0 Å². The third-order valence-electron chi connectivity index (χ3n) is 3.12. The molecular formula is C16H20N2O2S. The van der Waals surface area contributed by atoms with Crippen molar-refractivity contribution in [1.29, 1.82) is 0 Å². The smallest absolute Gasteiger partial charge is 0.194 e. The van der Waals surface area contributed by atoms with Crippen molar-refractivity contribution in [2.24, 2.45) is 0 Å². The summed E-state index contributed by atoms with van der Waals surface area (Å²) >= 11 is 1.54. The van der Waals surface area contributed by atoms with Crippen LogP contribution in [0.25, 0.3) is 0 Å². The molecule has 0 amide bonds. The van der Waals surface area contributed by atoms with E-state index in [2.05, 4.69) is 24.2 Å². The Kier molecular flexibility index (Phi) is 5.44. The molecule has 112 valence electrons. The van der Waals surface area contributed by atoms with Crippen molar-refractivity contribution < 1.29 is 9.53 Å². The summed E-state index contributed by atoms with van der Waals surface area (Å²) in [6.07, 6.45) is 2.54. The van der Waals surface area contributed by atoms with Crippen LogP contribution in [-0.4, -0.2) is 28.4 Å². The number of ether oxygens (including phenoxy) is 1. The normalized spacial score (nSPS) is 10.6. The molecule has 4 nitrogen and oxygen atoms in total. The number of nitrogens with zero attached hydrogens (tertiary/aromatic N) is 2. The predicted molar refractivity (Wildman–Crippen MR) is 85.3 cm³/mol. The molecule has 0 unspecified atom stereocenters. The van der Waals surface area contributed by atoms with Gasteiger partial charge in [0.25, 0.3) is 0 Å². The largest absolute Gasteiger partial charge is 0.493 e. The minimum atomic E-state index is 0.0448. The van der Waals surface area contributed by atoms with Crippen LogP contribution in [0.3, 0.4) is 0 Å². The van der Waals surface area contributed by atoms with Crippen molar-refractivity contribution in [2.45, 2.75) is 31.7 Å². The van der Waals surface area contributed by atoms with Crippen LogP contribution in [0.4, 0.5) is 0 Å². The van der Waals surface area contributed by atoms with Crippen LogP contribution in [0.15, 0.2) is 35.4 Å².